The third kappa shape index (κ3) is 4.68. The van der Waals surface area contributed by atoms with Gasteiger partial charge in [0, 0.05) is 44.4 Å². The number of anilines is 1. The van der Waals surface area contributed by atoms with E-state index in [0.29, 0.717) is 18.3 Å². The highest BCUT2D eigenvalue weighted by molar-refractivity contribution is 7.15. The summed E-state index contributed by atoms with van der Waals surface area (Å²) >= 11 is 1.51. The van der Waals surface area contributed by atoms with Crippen molar-refractivity contribution in [3.8, 4) is 0 Å². The number of aliphatic hydroxyl groups is 1. The minimum absolute atomic E-state index is 0.154. The second-order valence-electron chi connectivity index (χ2n) is 5.13. The molecule has 1 fully saturated rings. The fourth-order valence-electron chi connectivity index (χ4n) is 2.54. The zero-order valence-electron chi connectivity index (χ0n) is 11.8. The molecule has 2 atom stereocenters. The van der Waals surface area contributed by atoms with Crippen molar-refractivity contribution in [2.45, 2.75) is 19.1 Å². The van der Waals surface area contributed by atoms with Gasteiger partial charge in [-0.05, 0) is 12.3 Å². The Hall–Kier alpha value is -0.730. The van der Waals surface area contributed by atoms with E-state index in [1.807, 2.05) is 6.20 Å². The smallest absolute Gasteiger partial charge is 0.180 e. The molecule has 1 aliphatic rings. The van der Waals surface area contributed by atoms with Crippen LogP contribution in [0.1, 0.15) is 11.3 Å². The lowest BCUT2D eigenvalue weighted by molar-refractivity contribution is -0.0452. The molecular weight excluding hydrogens is 278 g/mol. The SMILES string of the molecule is COCCOC1CC(CO)CN(Cc2cnc(N)s2)C1. The fraction of sp³-hybridized carbons (Fsp3) is 0.769. The maximum absolute atomic E-state index is 9.43. The van der Waals surface area contributed by atoms with Crippen LogP contribution in [0.5, 0.6) is 0 Å². The van der Waals surface area contributed by atoms with Crippen molar-refractivity contribution in [1.29, 1.82) is 0 Å². The average Bonchev–Trinajstić information content (AvgIpc) is 2.84. The van der Waals surface area contributed by atoms with Crippen molar-refractivity contribution in [2.75, 3.05) is 45.8 Å². The van der Waals surface area contributed by atoms with Crippen LogP contribution in [0.25, 0.3) is 0 Å². The minimum Gasteiger partial charge on any atom is -0.396 e. The highest BCUT2D eigenvalue weighted by atomic mass is 32.1. The molecule has 1 aromatic heterocycles. The number of aliphatic hydroxyl groups excluding tert-OH is 1. The van der Waals surface area contributed by atoms with E-state index in [1.165, 1.54) is 11.3 Å². The van der Waals surface area contributed by atoms with Gasteiger partial charge >= 0.3 is 0 Å². The molecule has 0 amide bonds. The highest BCUT2D eigenvalue weighted by Crippen LogP contribution is 2.23. The normalized spacial score (nSPS) is 24.1. The predicted octanol–water partition coefficient (Wildman–Crippen LogP) is 0.571. The molecule has 2 rings (SSSR count). The number of likely N-dealkylation sites (tertiary alicyclic amines) is 1. The van der Waals surface area contributed by atoms with Crippen molar-refractivity contribution in [3.05, 3.63) is 11.1 Å². The molecule has 0 radical (unpaired) electrons. The summed E-state index contributed by atoms with van der Waals surface area (Å²) in [7, 11) is 1.67. The van der Waals surface area contributed by atoms with Crippen LogP contribution in [-0.4, -0.2) is 61.1 Å². The Labute approximate surface area is 123 Å². The van der Waals surface area contributed by atoms with Crippen molar-refractivity contribution in [3.63, 3.8) is 0 Å². The average molecular weight is 301 g/mol. The van der Waals surface area contributed by atoms with Crippen LogP contribution >= 0.6 is 11.3 Å². The van der Waals surface area contributed by atoms with Crippen molar-refractivity contribution in [1.82, 2.24) is 9.88 Å². The standard InChI is InChI=1S/C13H23N3O3S/c1-18-2-3-19-11-4-10(9-17)6-16(7-11)8-12-5-15-13(14)20-12/h5,10-11,17H,2-4,6-9H2,1H3,(H2,14,15). The number of nitrogens with zero attached hydrogens (tertiary/aromatic N) is 2. The van der Waals surface area contributed by atoms with Crippen LogP contribution in [-0.2, 0) is 16.0 Å². The van der Waals surface area contributed by atoms with Gasteiger partial charge in [0.2, 0.25) is 0 Å². The molecule has 2 unspecified atom stereocenters. The van der Waals surface area contributed by atoms with E-state index in [4.69, 9.17) is 15.2 Å². The molecule has 114 valence electrons. The lowest BCUT2D eigenvalue weighted by atomic mass is 9.96. The molecule has 0 aromatic carbocycles. The summed E-state index contributed by atoms with van der Waals surface area (Å²) in [5.74, 6) is 0.265. The summed E-state index contributed by atoms with van der Waals surface area (Å²) in [6.07, 6.45) is 2.88. The van der Waals surface area contributed by atoms with E-state index in [2.05, 4.69) is 9.88 Å². The molecule has 3 N–H and O–H groups in total. The second-order valence-corrected chi connectivity index (χ2v) is 6.28. The number of hydrogen-bond donors (Lipinski definition) is 2. The summed E-state index contributed by atoms with van der Waals surface area (Å²) in [6.45, 7) is 3.98. The molecule has 0 bridgehead atoms. The van der Waals surface area contributed by atoms with Gasteiger partial charge in [0.1, 0.15) is 0 Å². The molecule has 0 saturated carbocycles. The fourth-order valence-corrected chi connectivity index (χ4v) is 3.27. The predicted molar refractivity (Wildman–Crippen MR) is 78.6 cm³/mol. The molecular formula is C13H23N3O3S. The topological polar surface area (TPSA) is 80.8 Å². The van der Waals surface area contributed by atoms with Crippen LogP contribution in [0.3, 0.4) is 0 Å². The van der Waals surface area contributed by atoms with Gasteiger partial charge in [-0.15, -0.1) is 11.3 Å². The molecule has 1 saturated heterocycles. The van der Waals surface area contributed by atoms with Crippen LogP contribution in [0, 0.1) is 5.92 Å². The largest absolute Gasteiger partial charge is 0.396 e. The molecule has 20 heavy (non-hydrogen) atoms. The van der Waals surface area contributed by atoms with Crippen LogP contribution in [0.4, 0.5) is 5.13 Å². The maximum atomic E-state index is 9.43. The van der Waals surface area contributed by atoms with E-state index in [1.54, 1.807) is 7.11 Å². The number of hydrogen-bond acceptors (Lipinski definition) is 7. The number of ether oxygens (including phenoxy) is 2. The second kappa shape index (κ2) is 7.90. The Morgan fingerprint density at radius 1 is 1.50 bits per heavy atom. The quantitative estimate of drug-likeness (QED) is 0.717. The number of aromatic nitrogens is 1. The number of rotatable bonds is 7. The van der Waals surface area contributed by atoms with Crippen LogP contribution in [0.2, 0.25) is 0 Å². The zero-order chi connectivity index (χ0) is 14.4. The van der Waals surface area contributed by atoms with Gasteiger partial charge in [0.15, 0.2) is 5.13 Å². The number of methoxy groups -OCH3 is 1. The monoisotopic (exact) mass is 301 g/mol. The van der Waals surface area contributed by atoms with Gasteiger partial charge in [-0.1, -0.05) is 0 Å². The maximum Gasteiger partial charge on any atom is 0.180 e. The number of piperidine rings is 1. The van der Waals surface area contributed by atoms with Gasteiger partial charge in [-0.2, -0.15) is 0 Å². The third-order valence-corrected chi connectivity index (χ3v) is 4.24. The van der Waals surface area contributed by atoms with Crippen molar-refractivity contribution < 1.29 is 14.6 Å². The number of nitrogen functional groups attached to an aromatic ring is 1. The van der Waals surface area contributed by atoms with Gasteiger partial charge < -0.3 is 20.3 Å². The first-order valence-electron chi connectivity index (χ1n) is 6.85. The summed E-state index contributed by atoms with van der Waals surface area (Å²) < 4.78 is 10.8. The minimum atomic E-state index is 0.154. The number of nitrogens with two attached hydrogens (primary N) is 1. The molecule has 1 aromatic rings. The van der Waals surface area contributed by atoms with Crippen LogP contribution in [0.15, 0.2) is 6.20 Å². The molecule has 0 aliphatic carbocycles. The highest BCUT2D eigenvalue weighted by Gasteiger charge is 2.27. The first kappa shape index (κ1) is 15.7. The summed E-state index contributed by atoms with van der Waals surface area (Å²) in [5, 5.41) is 10.0. The lowest BCUT2D eigenvalue weighted by Gasteiger charge is -2.36. The Morgan fingerprint density at radius 2 is 2.35 bits per heavy atom. The lowest BCUT2D eigenvalue weighted by Crippen LogP contribution is -2.45. The molecule has 0 spiro atoms. The van der Waals surface area contributed by atoms with Gasteiger partial charge in [0.05, 0.1) is 19.3 Å². The van der Waals surface area contributed by atoms with Crippen molar-refractivity contribution in [2.24, 2.45) is 5.92 Å². The van der Waals surface area contributed by atoms with E-state index < -0.39 is 0 Å². The summed E-state index contributed by atoms with van der Waals surface area (Å²) in [5.41, 5.74) is 5.66. The Morgan fingerprint density at radius 3 is 3.00 bits per heavy atom. The summed E-state index contributed by atoms with van der Waals surface area (Å²) in [6, 6.07) is 0. The van der Waals surface area contributed by atoms with E-state index in [-0.39, 0.29) is 18.6 Å². The third-order valence-electron chi connectivity index (χ3n) is 3.42. The Balaban J connectivity index is 1.87. The Bertz CT molecular complexity index is 402. The summed E-state index contributed by atoms with van der Waals surface area (Å²) in [4.78, 5) is 7.52. The van der Waals surface area contributed by atoms with E-state index in [0.717, 1.165) is 30.9 Å². The van der Waals surface area contributed by atoms with E-state index >= 15 is 0 Å². The molecule has 7 heteroatoms. The van der Waals surface area contributed by atoms with Crippen molar-refractivity contribution >= 4 is 16.5 Å². The molecule has 2 heterocycles. The van der Waals surface area contributed by atoms with E-state index in [9.17, 15) is 5.11 Å². The zero-order valence-corrected chi connectivity index (χ0v) is 12.6. The van der Waals surface area contributed by atoms with Gasteiger partial charge in [-0.3, -0.25) is 4.90 Å². The number of thiazole rings is 1. The Kier molecular flexibility index (Phi) is 6.18. The first-order chi connectivity index (χ1) is 9.71. The molecule has 1 aliphatic heterocycles. The molecule has 6 nitrogen and oxygen atoms in total. The van der Waals surface area contributed by atoms with Gasteiger partial charge in [-0.25, -0.2) is 4.98 Å². The van der Waals surface area contributed by atoms with Crippen LogP contribution < -0.4 is 5.73 Å². The first-order valence-corrected chi connectivity index (χ1v) is 7.66. The van der Waals surface area contributed by atoms with Gasteiger partial charge in [0.25, 0.3) is 0 Å².